The number of hydrogen-bond donors (Lipinski definition) is 0. The van der Waals surface area contributed by atoms with E-state index in [4.69, 9.17) is 16.3 Å². The van der Waals surface area contributed by atoms with E-state index >= 15 is 0 Å². The molecule has 0 saturated heterocycles. The second-order valence-electron chi connectivity index (χ2n) is 4.57. The maximum atomic E-state index is 13.3. The molecule has 0 amide bonds. The van der Waals surface area contributed by atoms with Crippen molar-refractivity contribution in [3.63, 3.8) is 0 Å². The molecule has 0 radical (unpaired) electrons. The van der Waals surface area contributed by atoms with Crippen LogP contribution in [0.25, 0.3) is 0 Å². The van der Waals surface area contributed by atoms with Gasteiger partial charge in [-0.2, -0.15) is 0 Å². The molecule has 0 bridgehead atoms. The molecule has 3 heteroatoms. The number of hydrogen-bond acceptors (Lipinski definition) is 1. The molecule has 1 unspecified atom stereocenters. The van der Waals surface area contributed by atoms with E-state index in [1.807, 2.05) is 19.1 Å². The lowest BCUT2D eigenvalue weighted by Crippen LogP contribution is -1.94. The number of rotatable bonds is 0. The summed E-state index contributed by atoms with van der Waals surface area (Å²) in [5.41, 5.74) is 2.94. The van der Waals surface area contributed by atoms with E-state index in [0.717, 1.165) is 11.3 Å². The highest BCUT2D eigenvalue weighted by molar-refractivity contribution is 6.21. The average molecular weight is 263 g/mol. The molecule has 1 heterocycles. The van der Waals surface area contributed by atoms with Gasteiger partial charge >= 0.3 is 0 Å². The summed E-state index contributed by atoms with van der Waals surface area (Å²) in [6, 6.07) is 10.5. The zero-order chi connectivity index (χ0) is 12.7. The minimum Gasteiger partial charge on any atom is -0.457 e. The summed E-state index contributed by atoms with van der Waals surface area (Å²) >= 11 is 6.36. The van der Waals surface area contributed by atoms with Crippen molar-refractivity contribution in [1.29, 1.82) is 0 Å². The molecule has 0 saturated carbocycles. The zero-order valence-corrected chi connectivity index (χ0v) is 10.7. The van der Waals surface area contributed by atoms with Crippen molar-refractivity contribution in [2.75, 3.05) is 0 Å². The van der Waals surface area contributed by atoms with Crippen LogP contribution in [0, 0.1) is 12.7 Å². The second-order valence-corrected chi connectivity index (χ2v) is 5.09. The lowest BCUT2D eigenvalue weighted by atomic mass is 10.0. The fourth-order valence-electron chi connectivity index (χ4n) is 2.25. The van der Waals surface area contributed by atoms with Gasteiger partial charge in [0.25, 0.3) is 0 Å². The number of aryl methyl sites for hydroxylation is 1. The highest BCUT2D eigenvalue weighted by atomic mass is 35.5. The molecule has 1 aliphatic heterocycles. The van der Waals surface area contributed by atoms with Gasteiger partial charge in [-0.25, -0.2) is 4.39 Å². The van der Waals surface area contributed by atoms with Gasteiger partial charge in [0.1, 0.15) is 17.3 Å². The Labute approximate surface area is 110 Å². The minimum atomic E-state index is -0.287. The van der Waals surface area contributed by atoms with Crippen LogP contribution >= 0.6 is 11.6 Å². The zero-order valence-electron chi connectivity index (χ0n) is 9.91. The van der Waals surface area contributed by atoms with Crippen LogP contribution in [0.15, 0.2) is 36.4 Å². The van der Waals surface area contributed by atoms with E-state index in [1.54, 1.807) is 6.07 Å². The Morgan fingerprint density at radius 1 is 1.17 bits per heavy atom. The Morgan fingerprint density at radius 3 is 2.78 bits per heavy atom. The van der Waals surface area contributed by atoms with Gasteiger partial charge in [-0.3, -0.25) is 0 Å². The first-order valence-corrected chi connectivity index (χ1v) is 6.28. The fourth-order valence-corrected chi connectivity index (χ4v) is 2.58. The first-order valence-electron chi connectivity index (χ1n) is 5.84. The largest absolute Gasteiger partial charge is 0.457 e. The third-order valence-corrected chi connectivity index (χ3v) is 3.53. The Balaban J connectivity index is 2.13. The number of benzene rings is 2. The SMILES string of the molecule is Cc1ccc2c(c1)CC(Cl)c1cc(F)ccc1O2. The Bertz CT molecular complexity index is 609. The molecular weight excluding hydrogens is 251 g/mol. The standard InChI is InChI=1S/C15H12ClFO/c1-9-2-4-14-10(6-9)7-13(16)12-8-11(17)3-5-15(12)18-14/h2-6,8,13H,7H2,1H3. The first kappa shape index (κ1) is 11.5. The summed E-state index contributed by atoms with van der Waals surface area (Å²) < 4.78 is 19.1. The summed E-state index contributed by atoms with van der Waals surface area (Å²) in [4.78, 5) is 0. The van der Waals surface area contributed by atoms with Crippen molar-refractivity contribution in [3.8, 4) is 11.5 Å². The van der Waals surface area contributed by atoms with Gasteiger partial charge in [-0.05, 0) is 43.2 Å². The topological polar surface area (TPSA) is 9.23 Å². The molecule has 92 valence electrons. The normalized spacial score (nSPS) is 17.4. The van der Waals surface area contributed by atoms with Gasteiger partial charge in [0.05, 0.1) is 5.38 Å². The van der Waals surface area contributed by atoms with Gasteiger partial charge in [0.2, 0.25) is 0 Å². The summed E-state index contributed by atoms with van der Waals surface area (Å²) in [5.74, 6) is 1.15. The van der Waals surface area contributed by atoms with Gasteiger partial charge < -0.3 is 4.74 Å². The quantitative estimate of drug-likeness (QED) is 0.622. The van der Waals surface area contributed by atoms with Crippen molar-refractivity contribution in [2.24, 2.45) is 0 Å². The molecular formula is C15H12ClFO. The van der Waals surface area contributed by atoms with Crippen LogP contribution in [0.4, 0.5) is 4.39 Å². The number of halogens is 2. The van der Waals surface area contributed by atoms with Gasteiger partial charge in [0, 0.05) is 5.56 Å². The molecule has 2 aromatic carbocycles. The van der Waals surface area contributed by atoms with E-state index in [1.165, 1.54) is 17.7 Å². The third-order valence-electron chi connectivity index (χ3n) is 3.14. The van der Waals surface area contributed by atoms with E-state index in [0.29, 0.717) is 17.7 Å². The molecule has 0 spiro atoms. The summed E-state index contributed by atoms with van der Waals surface area (Å²) in [6.45, 7) is 2.03. The van der Waals surface area contributed by atoms with Gasteiger partial charge in [-0.15, -0.1) is 11.6 Å². The predicted octanol–water partition coefficient (Wildman–Crippen LogP) is 4.76. The molecule has 1 nitrogen and oxygen atoms in total. The molecule has 0 aromatic heterocycles. The molecule has 1 aliphatic rings. The number of fused-ring (bicyclic) bond motifs is 2. The Hall–Kier alpha value is -1.54. The molecule has 1 atom stereocenters. The van der Waals surface area contributed by atoms with Crippen LogP contribution in [0.2, 0.25) is 0 Å². The fraction of sp³-hybridized carbons (Fsp3) is 0.200. The number of alkyl halides is 1. The number of ether oxygens (including phenoxy) is 1. The van der Waals surface area contributed by atoms with Crippen LogP contribution in [-0.2, 0) is 6.42 Å². The van der Waals surface area contributed by atoms with E-state index in [-0.39, 0.29) is 11.2 Å². The molecule has 18 heavy (non-hydrogen) atoms. The van der Waals surface area contributed by atoms with Crippen molar-refractivity contribution in [3.05, 3.63) is 58.9 Å². The van der Waals surface area contributed by atoms with Gasteiger partial charge in [0.15, 0.2) is 0 Å². The van der Waals surface area contributed by atoms with Crippen molar-refractivity contribution < 1.29 is 9.13 Å². The summed E-state index contributed by atoms with van der Waals surface area (Å²) in [6.07, 6.45) is 0.648. The molecule has 3 rings (SSSR count). The molecule has 0 aliphatic carbocycles. The van der Waals surface area contributed by atoms with E-state index < -0.39 is 0 Å². The smallest absolute Gasteiger partial charge is 0.132 e. The summed E-state index contributed by atoms with van der Waals surface area (Å²) in [7, 11) is 0. The molecule has 0 N–H and O–H groups in total. The first-order chi connectivity index (χ1) is 8.63. The molecule has 2 aromatic rings. The highest BCUT2D eigenvalue weighted by Crippen LogP contribution is 2.41. The van der Waals surface area contributed by atoms with Gasteiger partial charge in [-0.1, -0.05) is 17.7 Å². The van der Waals surface area contributed by atoms with Crippen molar-refractivity contribution in [1.82, 2.24) is 0 Å². The Morgan fingerprint density at radius 2 is 1.94 bits per heavy atom. The minimum absolute atomic E-state index is 0.265. The van der Waals surface area contributed by atoms with Crippen LogP contribution in [0.3, 0.4) is 0 Å². The maximum absolute atomic E-state index is 13.3. The third kappa shape index (κ3) is 1.97. The lowest BCUT2D eigenvalue weighted by molar-refractivity contribution is 0.476. The van der Waals surface area contributed by atoms with E-state index in [9.17, 15) is 4.39 Å². The van der Waals surface area contributed by atoms with Crippen LogP contribution in [0.1, 0.15) is 22.1 Å². The van der Waals surface area contributed by atoms with E-state index in [2.05, 4.69) is 6.07 Å². The monoisotopic (exact) mass is 262 g/mol. The predicted molar refractivity (Wildman–Crippen MR) is 70.0 cm³/mol. The van der Waals surface area contributed by atoms with Crippen molar-refractivity contribution >= 4 is 11.6 Å². The summed E-state index contributed by atoms with van der Waals surface area (Å²) in [5, 5.41) is -0.265. The van der Waals surface area contributed by atoms with Crippen molar-refractivity contribution in [2.45, 2.75) is 18.7 Å². The Kier molecular flexibility index (Phi) is 2.75. The second kappa shape index (κ2) is 4.29. The maximum Gasteiger partial charge on any atom is 0.132 e. The molecule has 0 fully saturated rings. The van der Waals surface area contributed by atoms with Crippen LogP contribution in [-0.4, -0.2) is 0 Å². The highest BCUT2D eigenvalue weighted by Gasteiger charge is 2.22. The van der Waals surface area contributed by atoms with Crippen LogP contribution in [0.5, 0.6) is 11.5 Å². The van der Waals surface area contributed by atoms with Crippen LogP contribution < -0.4 is 4.74 Å². The average Bonchev–Trinajstić information content (AvgIpc) is 2.46. The lowest BCUT2D eigenvalue weighted by Gasteiger charge is -2.09.